The van der Waals surface area contributed by atoms with Gasteiger partial charge < -0.3 is 15.4 Å². The molecule has 1 atom stereocenters. The maximum atomic E-state index is 13.0. The molecule has 3 heterocycles. The van der Waals surface area contributed by atoms with Crippen LogP contribution >= 0.6 is 0 Å². The first-order valence-electron chi connectivity index (χ1n) is 16.1. The van der Waals surface area contributed by atoms with Crippen LogP contribution in [0.1, 0.15) is 54.0 Å². The van der Waals surface area contributed by atoms with Gasteiger partial charge in [-0.2, -0.15) is 4.31 Å². The Morgan fingerprint density at radius 2 is 1.53 bits per heavy atom. The van der Waals surface area contributed by atoms with Gasteiger partial charge in [-0.05, 0) is 65.8 Å². The molecule has 246 valence electrons. The minimum Gasteiger partial charge on any atom is -0.465 e. The van der Waals surface area contributed by atoms with Crippen LogP contribution in [0.2, 0.25) is 0 Å². The number of piperazine rings is 1. The zero-order valence-corrected chi connectivity index (χ0v) is 27.2. The number of aromatic nitrogens is 2. The summed E-state index contributed by atoms with van der Waals surface area (Å²) in [6, 6.07) is 23.0. The van der Waals surface area contributed by atoms with Gasteiger partial charge >= 0.3 is 6.09 Å². The van der Waals surface area contributed by atoms with Crippen LogP contribution in [0.5, 0.6) is 0 Å². The number of nitrogens with one attached hydrogen (secondary N) is 2. The van der Waals surface area contributed by atoms with Crippen LogP contribution in [0.3, 0.4) is 0 Å². The Labute approximate surface area is 275 Å². The fourth-order valence-corrected chi connectivity index (χ4v) is 7.79. The van der Waals surface area contributed by atoms with Crippen LogP contribution in [0.25, 0.3) is 22.4 Å². The van der Waals surface area contributed by atoms with Gasteiger partial charge in [0.05, 0.1) is 23.7 Å². The summed E-state index contributed by atoms with van der Waals surface area (Å²) < 4.78 is 26.3. The molecule has 2 saturated heterocycles. The number of hydrogen-bond acceptors (Lipinski definition) is 6. The lowest BCUT2D eigenvalue weighted by atomic mass is 10.0. The number of H-pyrrole nitrogens is 1. The van der Waals surface area contributed by atoms with Gasteiger partial charge in [0, 0.05) is 50.5 Å². The molecule has 3 aromatic carbocycles. The highest BCUT2D eigenvalue weighted by Gasteiger charge is 2.32. The van der Waals surface area contributed by atoms with Crippen molar-refractivity contribution < 1.29 is 23.1 Å². The zero-order chi connectivity index (χ0) is 33.0. The lowest BCUT2D eigenvalue weighted by molar-refractivity contribution is 0.102. The van der Waals surface area contributed by atoms with E-state index in [-0.39, 0.29) is 17.7 Å². The third-order valence-corrected chi connectivity index (χ3v) is 11.0. The predicted octanol–water partition coefficient (Wildman–Crippen LogP) is 5.67. The average Bonchev–Trinajstić information content (AvgIpc) is 3.77. The molecule has 2 aliphatic heterocycles. The highest BCUT2D eigenvalue weighted by Crippen LogP contribution is 2.32. The molecule has 0 aliphatic carbocycles. The third kappa shape index (κ3) is 7.56. The fourth-order valence-electron chi connectivity index (χ4n) is 6.30. The predicted molar refractivity (Wildman–Crippen MR) is 181 cm³/mol. The first-order chi connectivity index (χ1) is 22.7. The van der Waals surface area contributed by atoms with Gasteiger partial charge in [-0.15, -0.1) is 0 Å². The molecular weight excluding hydrogens is 616 g/mol. The Balaban J connectivity index is 1.01. The number of aromatic amines is 1. The number of hydrogen-bond donors (Lipinski definition) is 3. The molecule has 0 saturated carbocycles. The number of sulfonamides is 1. The summed E-state index contributed by atoms with van der Waals surface area (Å²) in [5.41, 5.74) is 6.14. The minimum absolute atomic E-state index is 0.192. The second kappa shape index (κ2) is 14.1. The molecule has 6 rings (SSSR count). The third-order valence-electron chi connectivity index (χ3n) is 8.89. The van der Waals surface area contributed by atoms with Gasteiger partial charge in [0.1, 0.15) is 5.82 Å². The number of carboxylic acid groups (broad SMARTS) is 1. The summed E-state index contributed by atoms with van der Waals surface area (Å²) in [6.07, 6.45) is 3.04. The molecule has 2 fully saturated rings. The van der Waals surface area contributed by atoms with Crippen molar-refractivity contribution >= 4 is 27.7 Å². The quantitative estimate of drug-likeness (QED) is 0.200. The van der Waals surface area contributed by atoms with Gasteiger partial charge in [0.25, 0.3) is 5.91 Å². The van der Waals surface area contributed by atoms with E-state index < -0.39 is 16.1 Å². The van der Waals surface area contributed by atoms with Crippen LogP contribution < -0.4 is 5.32 Å². The van der Waals surface area contributed by atoms with Gasteiger partial charge in [-0.25, -0.2) is 18.2 Å². The molecule has 0 radical (unpaired) electrons. The van der Waals surface area contributed by atoms with E-state index in [1.807, 2.05) is 79.7 Å². The van der Waals surface area contributed by atoms with E-state index in [1.54, 1.807) is 10.5 Å². The number of likely N-dealkylation sites (tertiary alicyclic amines) is 1. The first kappa shape index (κ1) is 32.4. The van der Waals surface area contributed by atoms with Crippen molar-refractivity contribution in [1.82, 2.24) is 24.1 Å². The molecule has 1 aromatic heterocycles. The van der Waals surface area contributed by atoms with Gasteiger partial charge in [0.15, 0.2) is 0 Å². The van der Waals surface area contributed by atoms with Crippen molar-refractivity contribution in [2.75, 3.05) is 43.8 Å². The number of amides is 2. The first-order valence-corrected chi connectivity index (χ1v) is 17.7. The summed E-state index contributed by atoms with van der Waals surface area (Å²) in [6.45, 7) is 5.56. The second-order valence-corrected chi connectivity index (χ2v) is 14.2. The number of rotatable bonds is 10. The van der Waals surface area contributed by atoms with E-state index in [2.05, 4.69) is 20.2 Å². The minimum atomic E-state index is -3.15. The molecule has 11 nitrogen and oxygen atoms in total. The van der Waals surface area contributed by atoms with Crippen molar-refractivity contribution in [3.8, 4) is 22.4 Å². The maximum Gasteiger partial charge on any atom is 0.407 e. The molecule has 47 heavy (non-hydrogen) atoms. The van der Waals surface area contributed by atoms with Crippen molar-refractivity contribution in [2.45, 2.75) is 38.8 Å². The van der Waals surface area contributed by atoms with Crippen LogP contribution in [0.15, 0.2) is 79.0 Å². The summed E-state index contributed by atoms with van der Waals surface area (Å²) in [7, 11) is -3.15. The summed E-state index contributed by atoms with van der Waals surface area (Å²) in [5.74, 6) is 0.677. The van der Waals surface area contributed by atoms with Crippen molar-refractivity contribution in [3.63, 3.8) is 0 Å². The number of carbonyl (C=O) groups excluding carboxylic acids is 1. The lowest BCUT2D eigenvalue weighted by Gasteiger charge is -2.34. The Bertz CT molecular complexity index is 1800. The molecule has 12 heteroatoms. The standard InChI is InChI=1S/C35H40N6O5S/c1-2-22-47(45,46)40-20-18-39(19-21-40)24-25-5-15-30(16-6-25)37-34(42)29-13-9-27(10-14-29)26-7-11-28(12-8-26)31-23-36-33(38-31)32-4-3-17-41(32)35(43)44/h5-16,23,32H,2-4,17-22,24H2,1H3,(H,36,38)(H,37,42)(H,43,44). The Morgan fingerprint density at radius 3 is 2.17 bits per heavy atom. The number of anilines is 1. The van der Waals surface area contributed by atoms with E-state index in [0.717, 1.165) is 47.3 Å². The van der Waals surface area contributed by atoms with E-state index in [0.29, 0.717) is 56.2 Å². The van der Waals surface area contributed by atoms with E-state index in [4.69, 9.17) is 0 Å². The van der Waals surface area contributed by atoms with E-state index in [9.17, 15) is 23.1 Å². The SMILES string of the molecule is CCCS(=O)(=O)N1CCN(Cc2ccc(NC(=O)c3ccc(-c4ccc(-c5cnc(C6CCCN6C(=O)O)[nH]5)cc4)cc3)cc2)CC1. The highest BCUT2D eigenvalue weighted by atomic mass is 32.2. The Kier molecular flexibility index (Phi) is 9.71. The fraction of sp³-hybridized carbons (Fsp3) is 0.343. The topological polar surface area (TPSA) is 139 Å². The van der Waals surface area contributed by atoms with E-state index >= 15 is 0 Å². The molecule has 0 bridgehead atoms. The number of imidazole rings is 1. The summed E-state index contributed by atoms with van der Waals surface area (Å²) in [4.78, 5) is 35.9. The maximum absolute atomic E-state index is 13.0. The van der Waals surface area contributed by atoms with Crippen LogP contribution in [-0.4, -0.2) is 88.1 Å². The number of benzene rings is 3. The van der Waals surface area contributed by atoms with Gasteiger partial charge in [-0.3, -0.25) is 14.6 Å². The molecule has 3 N–H and O–H groups in total. The molecule has 4 aromatic rings. The van der Waals surface area contributed by atoms with Crippen LogP contribution in [0, 0.1) is 0 Å². The van der Waals surface area contributed by atoms with Crippen molar-refractivity contribution in [3.05, 3.63) is 95.9 Å². The zero-order valence-electron chi connectivity index (χ0n) is 26.4. The molecule has 1 unspecified atom stereocenters. The lowest BCUT2D eigenvalue weighted by Crippen LogP contribution is -2.48. The monoisotopic (exact) mass is 656 g/mol. The Hall–Kier alpha value is -4.52. The van der Waals surface area contributed by atoms with Crippen LogP contribution in [-0.2, 0) is 16.6 Å². The normalized spacial score (nSPS) is 17.6. The van der Waals surface area contributed by atoms with Crippen molar-refractivity contribution in [2.24, 2.45) is 0 Å². The van der Waals surface area contributed by atoms with Gasteiger partial charge in [0.2, 0.25) is 10.0 Å². The Morgan fingerprint density at radius 1 is 0.894 bits per heavy atom. The average molecular weight is 657 g/mol. The summed E-state index contributed by atoms with van der Waals surface area (Å²) >= 11 is 0. The van der Waals surface area contributed by atoms with E-state index in [1.165, 1.54) is 4.90 Å². The second-order valence-electron chi connectivity index (χ2n) is 12.1. The summed E-state index contributed by atoms with van der Waals surface area (Å²) in [5, 5.41) is 12.4. The molecule has 2 aliphatic rings. The largest absolute Gasteiger partial charge is 0.465 e. The van der Waals surface area contributed by atoms with Crippen LogP contribution in [0.4, 0.5) is 10.5 Å². The smallest absolute Gasteiger partial charge is 0.407 e. The molecular formula is C35H40N6O5S. The molecule has 2 amide bonds. The number of carbonyl (C=O) groups is 2. The molecule has 0 spiro atoms. The highest BCUT2D eigenvalue weighted by molar-refractivity contribution is 7.89. The number of nitrogens with zero attached hydrogens (tertiary/aromatic N) is 4. The van der Waals surface area contributed by atoms with Crippen molar-refractivity contribution in [1.29, 1.82) is 0 Å². The van der Waals surface area contributed by atoms with Gasteiger partial charge in [-0.1, -0.05) is 55.5 Å².